The van der Waals surface area contributed by atoms with Gasteiger partial charge in [-0.2, -0.15) is 0 Å². The summed E-state index contributed by atoms with van der Waals surface area (Å²) in [7, 11) is 0. The lowest BCUT2D eigenvalue weighted by atomic mass is 9.84. The summed E-state index contributed by atoms with van der Waals surface area (Å²) in [5.74, 6) is 0.476. The van der Waals surface area contributed by atoms with Crippen LogP contribution in [-0.2, 0) is 0 Å². The molecule has 1 heteroatoms. The van der Waals surface area contributed by atoms with Crippen molar-refractivity contribution in [1.29, 1.82) is 0 Å². The Hall–Kier alpha value is -0.0400. The zero-order chi connectivity index (χ0) is 9.61. The normalized spacial score (nSPS) is 14.8. The van der Waals surface area contributed by atoms with Crippen LogP contribution in [0.3, 0.4) is 0 Å². The van der Waals surface area contributed by atoms with Crippen molar-refractivity contribution in [2.75, 3.05) is 0 Å². The fourth-order valence-corrected chi connectivity index (χ4v) is 1.70. The second-order valence-electron chi connectivity index (χ2n) is 4.25. The fourth-order valence-electron chi connectivity index (χ4n) is 1.70. The minimum Gasteiger partial charge on any atom is -0.390 e. The van der Waals surface area contributed by atoms with Crippen LogP contribution in [0.2, 0.25) is 0 Å². The van der Waals surface area contributed by atoms with Gasteiger partial charge in [-0.15, -0.1) is 0 Å². The molecule has 0 heterocycles. The van der Waals surface area contributed by atoms with Gasteiger partial charge in [-0.1, -0.05) is 39.5 Å². The molecule has 0 aliphatic heterocycles. The highest BCUT2D eigenvalue weighted by molar-refractivity contribution is 4.75. The van der Waals surface area contributed by atoms with Crippen molar-refractivity contribution >= 4 is 0 Å². The van der Waals surface area contributed by atoms with Gasteiger partial charge >= 0.3 is 0 Å². The molecule has 0 aromatic heterocycles. The topological polar surface area (TPSA) is 20.2 Å². The largest absolute Gasteiger partial charge is 0.390 e. The van der Waals surface area contributed by atoms with Crippen LogP contribution >= 0.6 is 0 Å². The second-order valence-corrected chi connectivity index (χ2v) is 4.25. The lowest BCUT2D eigenvalue weighted by Gasteiger charge is -2.28. The first-order valence-corrected chi connectivity index (χ1v) is 5.24. The van der Waals surface area contributed by atoms with Gasteiger partial charge in [0.15, 0.2) is 0 Å². The summed E-state index contributed by atoms with van der Waals surface area (Å²) < 4.78 is 0. The highest BCUT2D eigenvalue weighted by Gasteiger charge is 2.23. The highest BCUT2D eigenvalue weighted by atomic mass is 16.3. The van der Waals surface area contributed by atoms with Gasteiger partial charge in [0, 0.05) is 0 Å². The van der Waals surface area contributed by atoms with Crippen molar-refractivity contribution in [2.45, 2.75) is 65.4 Å². The third-order valence-corrected chi connectivity index (χ3v) is 2.65. The predicted molar refractivity (Wildman–Crippen MR) is 54.2 cm³/mol. The van der Waals surface area contributed by atoms with Gasteiger partial charge in [-0.3, -0.25) is 0 Å². The Morgan fingerprint density at radius 3 is 2.08 bits per heavy atom. The van der Waals surface area contributed by atoms with Crippen LogP contribution in [0.4, 0.5) is 0 Å². The van der Waals surface area contributed by atoms with Crippen molar-refractivity contribution in [3.05, 3.63) is 0 Å². The van der Waals surface area contributed by atoms with Crippen LogP contribution in [0.25, 0.3) is 0 Å². The summed E-state index contributed by atoms with van der Waals surface area (Å²) in [4.78, 5) is 0. The van der Waals surface area contributed by atoms with E-state index in [1.165, 1.54) is 25.7 Å². The maximum atomic E-state index is 9.78. The lowest BCUT2D eigenvalue weighted by Crippen LogP contribution is -2.30. The predicted octanol–water partition coefficient (Wildman–Crippen LogP) is 3.36. The molecule has 0 spiro atoms. The Morgan fingerprint density at radius 2 is 1.75 bits per heavy atom. The fraction of sp³-hybridized carbons (Fsp3) is 1.00. The van der Waals surface area contributed by atoms with Crippen molar-refractivity contribution in [3.8, 4) is 0 Å². The van der Waals surface area contributed by atoms with Gasteiger partial charge in [-0.25, -0.2) is 0 Å². The molecule has 0 aliphatic carbocycles. The molecular formula is C11H24O. The van der Waals surface area contributed by atoms with E-state index in [0.29, 0.717) is 5.92 Å². The molecule has 1 unspecified atom stereocenters. The van der Waals surface area contributed by atoms with Gasteiger partial charge in [-0.05, 0) is 26.2 Å². The Bertz CT molecular complexity index is 102. The van der Waals surface area contributed by atoms with E-state index in [1.54, 1.807) is 0 Å². The third-order valence-electron chi connectivity index (χ3n) is 2.65. The van der Waals surface area contributed by atoms with Crippen molar-refractivity contribution in [3.63, 3.8) is 0 Å². The van der Waals surface area contributed by atoms with E-state index >= 15 is 0 Å². The molecule has 74 valence electrons. The molecule has 0 fully saturated rings. The van der Waals surface area contributed by atoms with Crippen LogP contribution in [0.5, 0.6) is 0 Å². The van der Waals surface area contributed by atoms with Gasteiger partial charge in [0.05, 0.1) is 5.60 Å². The molecule has 1 nitrogen and oxygen atoms in total. The Kier molecular flexibility index (Phi) is 5.56. The number of hydrogen-bond acceptors (Lipinski definition) is 1. The molecule has 1 N–H and O–H groups in total. The lowest BCUT2D eigenvalue weighted by molar-refractivity contribution is 0.0105. The molecule has 1 atom stereocenters. The zero-order valence-corrected chi connectivity index (χ0v) is 9.06. The maximum Gasteiger partial charge on any atom is 0.0619 e. The SMILES string of the molecule is CCCCCC(CC)C(C)(C)O. The Morgan fingerprint density at radius 1 is 1.17 bits per heavy atom. The van der Waals surface area contributed by atoms with Crippen LogP contribution in [0.1, 0.15) is 59.8 Å². The van der Waals surface area contributed by atoms with E-state index in [4.69, 9.17) is 0 Å². The number of hydrogen-bond donors (Lipinski definition) is 1. The molecule has 0 aromatic carbocycles. The average molecular weight is 172 g/mol. The molecule has 0 amide bonds. The molecule has 0 rings (SSSR count). The third kappa shape index (κ3) is 4.76. The van der Waals surface area contributed by atoms with E-state index < -0.39 is 5.60 Å². The van der Waals surface area contributed by atoms with Gasteiger partial charge < -0.3 is 5.11 Å². The summed E-state index contributed by atoms with van der Waals surface area (Å²) in [6.07, 6.45) is 6.09. The smallest absolute Gasteiger partial charge is 0.0619 e. The van der Waals surface area contributed by atoms with Crippen molar-refractivity contribution in [2.24, 2.45) is 5.92 Å². The first kappa shape index (κ1) is 12.0. The summed E-state index contributed by atoms with van der Waals surface area (Å²) in [5, 5.41) is 9.78. The zero-order valence-electron chi connectivity index (χ0n) is 9.06. The highest BCUT2D eigenvalue weighted by Crippen LogP contribution is 2.25. The summed E-state index contributed by atoms with van der Waals surface area (Å²) in [5.41, 5.74) is -0.484. The van der Waals surface area contributed by atoms with Gasteiger partial charge in [0.25, 0.3) is 0 Å². The molecule has 0 aromatic rings. The van der Waals surface area contributed by atoms with E-state index in [1.807, 2.05) is 13.8 Å². The van der Waals surface area contributed by atoms with E-state index in [9.17, 15) is 5.11 Å². The molecule has 0 aliphatic rings. The van der Waals surface area contributed by atoms with Crippen molar-refractivity contribution in [1.82, 2.24) is 0 Å². The molecule has 0 saturated carbocycles. The molecule has 0 radical (unpaired) electrons. The average Bonchev–Trinajstić information content (AvgIpc) is 1.95. The van der Waals surface area contributed by atoms with Crippen LogP contribution in [0, 0.1) is 5.92 Å². The monoisotopic (exact) mass is 172 g/mol. The van der Waals surface area contributed by atoms with E-state index in [0.717, 1.165) is 6.42 Å². The van der Waals surface area contributed by atoms with Gasteiger partial charge in [0.2, 0.25) is 0 Å². The summed E-state index contributed by atoms with van der Waals surface area (Å²) >= 11 is 0. The Labute approximate surface area is 77.2 Å². The first-order chi connectivity index (χ1) is 5.52. The number of aliphatic hydroxyl groups is 1. The summed E-state index contributed by atoms with van der Waals surface area (Å²) in [6.45, 7) is 8.22. The van der Waals surface area contributed by atoms with E-state index in [-0.39, 0.29) is 0 Å². The molecule has 0 bridgehead atoms. The Balaban J connectivity index is 3.68. The minimum absolute atomic E-state index is 0.476. The standard InChI is InChI=1S/C11H24O/c1-5-7-8-9-10(6-2)11(3,4)12/h10,12H,5-9H2,1-4H3. The van der Waals surface area contributed by atoms with Crippen LogP contribution in [-0.4, -0.2) is 10.7 Å². The molecule has 0 saturated heterocycles. The molecule has 12 heavy (non-hydrogen) atoms. The van der Waals surface area contributed by atoms with E-state index in [2.05, 4.69) is 13.8 Å². The van der Waals surface area contributed by atoms with Crippen LogP contribution < -0.4 is 0 Å². The number of unbranched alkanes of at least 4 members (excludes halogenated alkanes) is 2. The maximum absolute atomic E-state index is 9.78. The quantitative estimate of drug-likeness (QED) is 0.609. The summed E-state index contributed by atoms with van der Waals surface area (Å²) in [6, 6.07) is 0. The van der Waals surface area contributed by atoms with Crippen LogP contribution in [0.15, 0.2) is 0 Å². The minimum atomic E-state index is -0.484. The number of rotatable bonds is 6. The van der Waals surface area contributed by atoms with Gasteiger partial charge in [0.1, 0.15) is 0 Å². The first-order valence-electron chi connectivity index (χ1n) is 5.24. The van der Waals surface area contributed by atoms with Crippen molar-refractivity contribution < 1.29 is 5.11 Å². The molecular weight excluding hydrogens is 148 g/mol. The second kappa shape index (κ2) is 5.58.